The van der Waals surface area contributed by atoms with Gasteiger partial charge >= 0.3 is 0 Å². The predicted octanol–water partition coefficient (Wildman–Crippen LogP) is 1.15. The average molecular weight is 254 g/mol. The van der Waals surface area contributed by atoms with E-state index in [1.54, 1.807) is 11.3 Å². The third kappa shape index (κ3) is 2.77. The number of anilines is 1. The summed E-state index contributed by atoms with van der Waals surface area (Å²) in [5.41, 5.74) is 6.61. The fourth-order valence-corrected chi connectivity index (χ4v) is 2.39. The van der Waals surface area contributed by atoms with Crippen molar-refractivity contribution in [1.29, 1.82) is 0 Å². The molecule has 0 bridgehead atoms. The minimum absolute atomic E-state index is 0.218. The summed E-state index contributed by atoms with van der Waals surface area (Å²) in [5.74, 6) is -0.218. The van der Waals surface area contributed by atoms with Crippen molar-refractivity contribution in [2.24, 2.45) is 0 Å². The zero-order chi connectivity index (χ0) is 11.4. The quantitative estimate of drug-likeness (QED) is 0.857. The first-order valence-electron chi connectivity index (χ1n) is 4.64. The number of hydrogen-bond acceptors (Lipinski definition) is 6. The third-order valence-electron chi connectivity index (χ3n) is 1.91. The Bertz CT molecular complexity index is 466. The van der Waals surface area contributed by atoms with Gasteiger partial charge in [-0.15, -0.1) is 10.2 Å². The normalized spacial score (nSPS) is 10.2. The Labute approximate surface area is 100 Å². The maximum atomic E-state index is 11.5. The Balaban J connectivity index is 1.80. The van der Waals surface area contributed by atoms with Gasteiger partial charge in [-0.25, -0.2) is 0 Å². The second-order valence-corrected chi connectivity index (χ2v) is 4.87. The minimum Gasteiger partial charge on any atom is -0.374 e. The molecular weight excluding hydrogens is 244 g/mol. The van der Waals surface area contributed by atoms with Gasteiger partial charge in [0.05, 0.1) is 0 Å². The summed E-state index contributed by atoms with van der Waals surface area (Å²) in [5, 5.41) is 14.7. The lowest BCUT2D eigenvalue weighted by atomic mass is 10.2. The van der Waals surface area contributed by atoms with Crippen molar-refractivity contribution in [1.82, 2.24) is 15.5 Å². The van der Waals surface area contributed by atoms with Crippen molar-refractivity contribution in [3.05, 3.63) is 27.4 Å². The second-order valence-electron chi connectivity index (χ2n) is 3.08. The molecule has 1 amide bonds. The summed E-state index contributed by atoms with van der Waals surface area (Å²) < 4.78 is 0. The maximum Gasteiger partial charge on any atom is 0.282 e. The average Bonchev–Trinajstić information content (AvgIpc) is 2.89. The van der Waals surface area contributed by atoms with Crippen LogP contribution in [0.5, 0.6) is 0 Å². The van der Waals surface area contributed by atoms with Gasteiger partial charge in [0.25, 0.3) is 5.91 Å². The van der Waals surface area contributed by atoms with E-state index in [4.69, 9.17) is 5.73 Å². The van der Waals surface area contributed by atoms with Gasteiger partial charge in [0.1, 0.15) is 0 Å². The summed E-state index contributed by atoms with van der Waals surface area (Å²) in [6.07, 6.45) is 0.823. The lowest BCUT2D eigenvalue weighted by Crippen LogP contribution is -2.25. The fourth-order valence-electron chi connectivity index (χ4n) is 1.16. The molecule has 0 unspecified atom stereocenters. The Morgan fingerprint density at radius 2 is 2.38 bits per heavy atom. The van der Waals surface area contributed by atoms with Crippen LogP contribution in [0.1, 0.15) is 15.4 Å². The molecular formula is C9H10N4OS2. The van der Waals surface area contributed by atoms with Crippen LogP contribution in [0.15, 0.2) is 16.8 Å². The number of carbonyl (C=O) groups is 1. The van der Waals surface area contributed by atoms with Crippen molar-refractivity contribution in [3.63, 3.8) is 0 Å². The molecule has 0 aliphatic carbocycles. The molecule has 0 radical (unpaired) electrons. The standard InChI is InChI=1S/C9H10N4OS2/c10-9-13-12-8(16-9)7(14)11-3-1-6-2-4-15-5-6/h2,4-5H,1,3H2,(H2,10,13)(H,11,14). The predicted molar refractivity (Wildman–Crippen MR) is 64.7 cm³/mol. The van der Waals surface area contributed by atoms with Crippen LogP contribution in [-0.2, 0) is 6.42 Å². The van der Waals surface area contributed by atoms with E-state index in [1.807, 2.05) is 11.4 Å². The van der Waals surface area contributed by atoms with Gasteiger partial charge in [-0.3, -0.25) is 4.79 Å². The summed E-state index contributed by atoms with van der Waals surface area (Å²) in [4.78, 5) is 11.5. The van der Waals surface area contributed by atoms with Crippen LogP contribution in [-0.4, -0.2) is 22.6 Å². The van der Waals surface area contributed by atoms with E-state index in [1.165, 1.54) is 5.56 Å². The summed E-state index contributed by atoms with van der Waals surface area (Å²) in [7, 11) is 0. The molecule has 2 rings (SSSR count). The van der Waals surface area contributed by atoms with Crippen LogP contribution in [0.2, 0.25) is 0 Å². The Kier molecular flexibility index (Phi) is 3.47. The van der Waals surface area contributed by atoms with Crippen molar-refractivity contribution in [2.75, 3.05) is 12.3 Å². The Morgan fingerprint density at radius 1 is 1.50 bits per heavy atom. The monoisotopic (exact) mass is 254 g/mol. The number of thiophene rings is 1. The number of rotatable bonds is 4. The number of nitrogens with two attached hydrogens (primary N) is 1. The molecule has 0 saturated carbocycles. The van der Waals surface area contributed by atoms with Crippen LogP contribution in [0, 0.1) is 0 Å². The number of nitrogen functional groups attached to an aromatic ring is 1. The van der Waals surface area contributed by atoms with E-state index >= 15 is 0 Å². The van der Waals surface area contributed by atoms with Gasteiger partial charge in [-0.1, -0.05) is 11.3 Å². The molecule has 7 heteroatoms. The van der Waals surface area contributed by atoms with E-state index in [-0.39, 0.29) is 5.91 Å². The van der Waals surface area contributed by atoms with Crippen LogP contribution in [0.3, 0.4) is 0 Å². The minimum atomic E-state index is -0.218. The highest BCUT2D eigenvalue weighted by atomic mass is 32.1. The number of amides is 1. The molecule has 0 spiro atoms. The smallest absolute Gasteiger partial charge is 0.282 e. The van der Waals surface area contributed by atoms with Crippen LogP contribution in [0.4, 0.5) is 5.13 Å². The summed E-state index contributed by atoms with van der Waals surface area (Å²) in [6, 6.07) is 2.04. The van der Waals surface area contributed by atoms with E-state index < -0.39 is 0 Å². The molecule has 0 aliphatic rings. The second kappa shape index (κ2) is 5.04. The number of aromatic nitrogens is 2. The SMILES string of the molecule is Nc1nnc(C(=O)NCCc2ccsc2)s1. The van der Waals surface area contributed by atoms with Crippen molar-refractivity contribution < 1.29 is 4.79 Å². The maximum absolute atomic E-state index is 11.5. The van der Waals surface area contributed by atoms with Crippen molar-refractivity contribution >= 4 is 33.7 Å². The number of nitrogens with one attached hydrogen (secondary N) is 1. The highest BCUT2D eigenvalue weighted by Crippen LogP contribution is 2.10. The highest BCUT2D eigenvalue weighted by Gasteiger charge is 2.10. The molecule has 0 aliphatic heterocycles. The number of hydrogen-bond donors (Lipinski definition) is 2. The van der Waals surface area contributed by atoms with Crippen molar-refractivity contribution in [2.45, 2.75) is 6.42 Å². The molecule has 0 fully saturated rings. The molecule has 2 aromatic heterocycles. The fraction of sp³-hybridized carbons (Fsp3) is 0.222. The zero-order valence-corrected chi connectivity index (χ0v) is 9.98. The molecule has 0 aromatic carbocycles. The number of carbonyl (C=O) groups excluding carboxylic acids is 1. The third-order valence-corrected chi connectivity index (χ3v) is 3.40. The highest BCUT2D eigenvalue weighted by molar-refractivity contribution is 7.16. The molecule has 3 N–H and O–H groups in total. The molecule has 16 heavy (non-hydrogen) atoms. The van der Waals surface area contributed by atoms with Gasteiger partial charge in [0, 0.05) is 6.54 Å². The molecule has 2 aromatic rings. The molecule has 5 nitrogen and oxygen atoms in total. The number of nitrogens with zero attached hydrogens (tertiary/aromatic N) is 2. The molecule has 0 saturated heterocycles. The van der Waals surface area contributed by atoms with E-state index in [9.17, 15) is 4.79 Å². The van der Waals surface area contributed by atoms with Gasteiger partial charge in [-0.2, -0.15) is 11.3 Å². The molecule has 0 atom stereocenters. The van der Waals surface area contributed by atoms with Gasteiger partial charge in [0.15, 0.2) is 0 Å². The first-order valence-corrected chi connectivity index (χ1v) is 6.40. The molecule has 84 valence electrons. The van der Waals surface area contributed by atoms with Crippen LogP contribution >= 0.6 is 22.7 Å². The van der Waals surface area contributed by atoms with Crippen LogP contribution < -0.4 is 11.1 Å². The largest absolute Gasteiger partial charge is 0.374 e. The lowest BCUT2D eigenvalue weighted by molar-refractivity contribution is 0.0953. The van der Waals surface area contributed by atoms with Crippen molar-refractivity contribution in [3.8, 4) is 0 Å². The van der Waals surface area contributed by atoms with Crippen LogP contribution in [0.25, 0.3) is 0 Å². The topological polar surface area (TPSA) is 80.9 Å². The van der Waals surface area contributed by atoms with Gasteiger partial charge in [0.2, 0.25) is 10.1 Å². The summed E-state index contributed by atoms with van der Waals surface area (Å²) in [6.45, 7) is 0.592. The van der Waals surface area contributed by atoms with E-state index in [0.717, 1.165) is 17.8 Å². The van der Waals surface area contributed by atoms with E-state index in [0.29, 0.717) is 16.7 Å². The van der Waals surface area contributed by atoms with E-state index in [2.05, 4.69) is 20.9 Å². The summed E-state index contributed by atoms with van der Waals surface area (Å²) >= 11 is 2.74. The first kappa shape index (κ1) is 11.0. The van der Waals surface area contributed by atoms with Gasteiger partial charge < -0.3 is 11.1 Å². The zero-order valence-electron chi connectivity index (χ0n) is 8.34. The first-order chi connectivity index (χ1) is 7.75. The molecule has 2 heterocycles. The Morgan fingerprint density at radius 3 is 3.00 bits per heavy atom. The Hall–Kier alpha value is -1.47. The van der Waals surface area contributed by atoms with Gasteiger partial charge in [-0.05, 0) is 28.8 Å². The lowest BCUT2D eigenvalue weighted by Gasteiger charge is -2.00.